The first kappa shape index (κ1) is 35.3. The van der Waals surface area contributed by atoms with Gasteiger partial charge in [-0.15, -0.1) is 0 Å². The molecule has 1 aromatic heterocycles. The molecule has 0 radical (unpaired) electrons. The first-order valence-electron chi connectivity index (χ1n) is 15.5. The topological polar surface area (TPSA) is 53.8 Å². The van der Waals surface area contributed by atoms with Gasteiger partial charge in [0.25, 0.3) is 5.91 Å². The van der Waals surface area contributed by atoms with E-state index >= 15 is 0 Å². The van der Waals surface area contributed by atoms with Gasteiger partial charge in [0.2, 0.25) is 5.95 Å². The number of alkyl halides is 3. The van der Waals surface area contributed by atoms with Crippen molar-refractivity contribution in [2.45, 2.75) is 31.5 Å². The number of nitrogens with zero attached hydrogens (tertiary/aromatic N) is 5. The van der Waals surface area contributed by atoms with E-state index in [4.69, 9.17) is 44.5 Å². The van der Waals surface area contributed by atoms with Crippen molar-refractivity contribution in [3.63, 3.8) is 0 Å². The van der Waals surface area contributed by atoms with Crippen molar-refractivity contribution in [2.75, 3.05) is 64.4 Å². The predicted octanol–water partition coefficient (Wildman–Crippen LogP) is 8.03. The smallest absolute Gasteiger partial charge is 0.370 e. The summed E-state index contributed by atoms with van der Waals surface area (Å²) in [7, 11) is 1.80. The molecule has 0 aliphatic carbocycles. The van der Waals surface area contributed by atoms with E-state index < -0.39 is 12.8 Å². The summed E-state index contributed by atoms with van der Waals surface area (Å²) < 4.78 is 44.9. The van der Waals surface area contributed by atoms with Crippen LogP contribution in [-0.4, -0.2) is 91.0 Å². The normalized spacial score (nSPS) is 15.2. The Bertz CT molecular complexity index is 1650. The van der Waals surface area contributed by atoms with Crippen LogP contribution in [0.1, 0.15) is 34.7 Å². The van der Waals surface area contributed by atoms with Crippen LogP contribution < -0.4 is 4.90 Å². The second-order valence-corrected chi connectivity index (χ2v) is 13.0. The van der Waals surface area contributed by atoms with E-state index in [1.807, 2.05) is 41.0 Å². The summed E-state index contributed by atoms with van der Waals surface area (Å²) in [5.41, 5.74) is 3.23. The largest absolute Gasteiger partial charge is 0.411 e. The Kier molecular flexibility index (Phi) is 12.0. The molecule has 1 atom stereocenters. The number of ether oxygens (including phenoxy) is 1. The van der Waals surface area contributed by atoms with Gasteiger partial charge in [0.1, 0.15) is 6.61 Å². The number of amides is 1. The fourth-order valence-corrected chi connectivity index (χ4v) is 6.39. The summed E-state index contributed by atoms with van der Waals surface area (Å²) in [5.74, 6) is 0.648. The van der Waals surface area contributed by atoms with Crippen LogP contribution in [0, 0.1) is 0 Å². The summed E-state index contributed by atoms with van der Waals surface area (Å²) in [6.45, 7) is 3.32. The number of likely N-dealkylation sites (N-methyl/N-ethyl adjacent to an activating group) is 1. The third-order valence-electron chi connectivity index (χ3n) is 8.37. The zero-order valence-electron chi connectivity index (χ0n) is 26.0. The van der Waals surface area contributed by atoms with Crippen LogP contribution in [0.25, 0.3) is 11.0 Å². The third kappa shape index (κ3) is 9.54. The molecule has 0 N–H and O–H groups in total. The molecule has 1 fully saturated rings. The fourth-order valence-electron chi connectivity index (χ4n) is 5.96. The van der Waals surface area contributed by atoms with Gasteiger partial charge in [0, 0.05) is 56.3 Å². The summed E-state index contributed by atoms with van der Waals surface area (Å²) >= 11 is 18.7. The number of rotatable bonds is 12. The van der Waals surface area contributed by atoms with Crippen molar-refractivity contribution in [3.05, 3.63) is 92.9 Å². The number of hydrogen-bond acceptors (Lipinski definition) is 5. The van der Waals surface area contributed by atoms with E-state index in [0.29, 0.717) is 33.7 Å². The van der Waals surface area contributed by atoms with Crippen molar-refractivity contribution in [3.8, 4) is 0 Å². The average Bonchev–Trinajstić information content (AvgIpc) is 3.24. The molecule has 0 saturated carbocycles. The maximum atomic E-state index is 13.2. The van der Waals surface area contributed by atoms with Gasteiger partial charge in [0.15, 0.2) is 0 Å². The molecule has 1 saturated heterocycles. The van der Waals surface area contributed by atoms with Gasteiger partial charge in [-0.3, -0.25) is 4.79 Å². The highest BCUT2D eigenvalue weighted by molar-refractivity contribution is 6.42. The van der Waals surface area contributed by atoms with Crippen molar-refractivity contribution >= 4 is 57.7 Å². The van der Waals surface area contributed by atoms with Gasteiger partial charge in [0.05, 0.1) is 27.7 Å². The van der Waals surface area contributed by atoms with Crippen LogP contribution >= 0.6 is 34.8 Å². The van der Waals surface area contributed by atoms with Crippen LogP contribution in [0.15, 0.2) is 66.7 Å². The third-order valence-corrected chi connectivity index (χ3v) is 9.36. The van der Waals surface area contributed by atoms with Crippen LogP contribution in [0.3, 0.4) is 0 Å². The van der Waals surface area contributed by atoms with Crippen LogP contribution in [0.4, 0.5) is 19.1 Å². The number of carbonyl (C=O) groups excluding carboxylic acids is 1. The highest BCUT2D eigenvalue weighted by Gasteiger charge is 2.28. The molecule has 7 nitrogen and oxygen atoms in total. The van der Waals surface area contributed by atoms with Gasteiger partial charge < -0.3 is 24.0 Å². The minimum absolute atomic E-state index is 0.00580. The first-order chi connectivity index (χ1) is 22.5. The lowest BCUT2D eigenvalue weighted by Crippen LogP contribution is -2.35. The molecule has 4 aromatic rings. The molecule has 5 rings (SSSR count). The SMILES string of the molecule is CN(CC(CCN1CCCN(c2nc3ccccc3n2CCOCC(F)(F)F)CC1)c1ccc(Cl)c(Cl)c1)C(=O)c1ccc(Cl)cc1. The quantitative estimate of drug-likeness (QED) is 0.140. The molecule has 0 bridgehead atoms. The Morgan fingerprint density at radius 2 is 1.72 bits per heavy atom. The average molecular weight is 711 g/mol. The standard InChI is InChI=1S/C34H37Cl3F3N5O2/c1-42(32(46)24-7-10-27(35)11-8-24)22-26(25-9-12-28(36)29(37)21-25)13-16-43-14-4-15-44(18-17-43)33-41-30-5-2-3-6-31(30)45(33)19-20-47-23-34(38,39)40/h2-3,5-12,21,26H,4,13-20,22-23H2,1H3. The molecule has 252 valence electrons. The van der Waals surface area contributed by atoms with Gasteiger partial charge >= 0.3 is 6.18 Å². The van der Waals surface area contributed by atoms with E-state index in [2.05, 4.69) is 9.80 Å². The maximum absolute atomic E-state index is 13.2. The molecular formula is C34H37Cl3F3N5O2. The monoisotopic (exact) mass is 709 g/mol. The molecule has 47 heavy (non-hydrogen) atoms. The van der Waals surface area contributed by atoms with E-state index in [-0.39, 0.29) is 25.0 Å². The summed E-state index contributed by atoms with van der Waals surface area (Å²) in [6, 6.07) is 20.1. The van der Waals surface area contributed by atoms with Crippen LogP contribution in [0.2, 0.25) is 15.1 Å². The molecule has 13 heteroatoms. The van der Waals surface area contributed by atoms with E-state index in [1.54, 1.807) is 42.3 Å². The molecule has 1 unspecified atom stereocenters. The molecule has 3 aromatic carbocycles. The molecule has 1 amide bonds. The first-order valence-corrected chi connectivity index (χ1v) is 16.6. The lowest BCUT2D eigenvalue weighted by Gasteiger charge is -2.28. The summed E-state index contributed by atoms with van der Waals surface area (Å²) in [6.07, 6.45) is -2.69. The predicted molar refractivity (Wildman–Crippen MR) is 182 cm³/mol. The van der Waals surface area contributed by atoms with Crippen molar-refractivity contribution in [2.24, 2.45) is 0 Å². The molecule has 1 aliphatic heterocycles. The second kappa shape index (κ2) is 15.9. The van der Waals surface area contributed by atoms with E-state index in [9.17, 15) is 18.0 Å². The molecule has 0 spiro atoms. The number of halogens is 6. The summed E-state index contributed by atoms with van der Waals surface area (Å²) in [4.78, 5) is 24.4. The van der Waals surface area contributed by atoms with E-state index in [0.717, 1.165) is 61.6 Å². The van der Waals surface area contributed by atoms with Crippen LogP contribution in [0.5, 0.6) is 0 Å². The Balaban J connectivity index is 1.25. The van der Waals surface area contributed by atoms with Gasteiger partial charge in [-0.1, -0.05) is 53.0 Å². The second-order valence-electron chi connectivity index (χ2n) is 11.8. The number of carbonyl (C=O) groups is 1. The minimum atomic E-state index is -4.37. The fraction of sp³-hybridized carbons (Fsp3) is 0.412. The van der Waals surface area contributed by atoms with Gasteiger partial charge in [-0.2, -0.15) is 13.2 Å². The van der Waals surface area contributed by atoms with Crippen LogP contribution in [-0.2, 0) is 11.3 Å². The van der Waals surface area contributed by atoms with Gasteiger partial charge in [-0.05, 0) is 80.0 Å². The zero-order chi connectivity index (χ0) is 33.6. The lowest BCUT2D eigenvalue weighted by molar-refractivity contribution is -0.174. The highest BCUT2D eigenvalue weighted by atomic mass is 35.5. The Morgan fingerprint density at radius 1 is 0.957 bits per heavy atom. The molecule has 1 aliphatic rings. The van der Waals surface area contributed by atoms with Crippen molar-refractivity contribution < 1.29 is 22.7 Å². The number of hydrogen-bond donors (Lipinski definition) is 0. The number of imidazole rings is 1. The minimum Gasteiger partial charge on any atom is -0.370 e. The Labute approximate surface area is 287 Å². The van der Waals surface area contributed by atoms with Crippen molar-refractivity contribution in [1.29, 1.82) is 0 Å². The zero-order valence-corrected chi connectivity index (χ0v) is 28.3. The Morgan fingerprint density at radius 3 is 2.47 bits per heavy atom. The molecule has 2 heterocycles. The number of aromatic nitrogens is 2. The highest BCUT2D eigenvalue weighted by Crippen LogP contribution is 2.30. The number of fused-ring (bicyclic) bond motifs is 1. The lowest BCUT2D eigenvalue weighted by atomic mass is 9.94. The molecular weight excluding hydrogens is 674 g/mol. The van der Waals surface area contributed by atoms with E-state index in [1.165, 1.54) is 0 Å². The summed E-state index contributed by atoms with van der Waals surface area (Å²) in [5, 5.41) is 1.52. The number of para-hydroxylation sites is 2. The number of benzene rings is 3. The van der Waals surface area contributed by atoms with Gasteiger partial charge in [-0.25, -0.2) is 4.98 Å². The Hall–Kier alpha value is -3.02. The maximum Gasteiger partial charge on any atom is 0.411 e. The number of anilines is 1. The van der Waals surface area contributed by atoms with Crippen molar-refractivity contribution in [1.82, 2.24) is 19.4 Å².